The van der Waals surface area contributed by atoms with Gasteiger partial charge in [-0.2, -0.15) is 0 Å². The van der Waals surface area contributed by atoms with Crippen molar-refractivity contribution in [2.24, 2.45) is 0 Å². The zero-order valence-corrected chi connectivity index (χ0v) is 16.1. The predicted octanol–water partition coefficient (Wildman–Crippen LogP) is 3.67. The van der Waals surface area contributed by atoms with Crippen LogP contribution in [0.2, 0.25) is 0 Å². The Balaban J connectivity index is 1.26. The molecule has 1 aliphatic rings. The largest absolute Gasteiger partial charge is 0.484 e. The number of hydrogen-bond donors (Lipinski definition) is 0. The van der Waals surface area contributed by atoms with Crippen molar-refractivity contribution in [3.63, 3.8) is 0 Å². The molecule has 2 aromatic carbocycles. The minimum atomic E-state index is 0.0108. The molecule has 0 unspecified atom stereocenters. The molecule has 2 aromatic heterocycles. The summed E-state index contributed by atoms with van der Waals surface area (Å²) >= 11 is 0. The molecule has 0 bridgehead atoms. The topological polar surface area (TPSA) is 59.7 Å². The molecule has 6 heteroatoms. The molecular weight excluding hydrogens is 364 g/mol. The van der Waals surface area contributed by atoms with Gasteiger partial charge >= 0.3 is 0 Å². The van der Waals surface area contributed by atoms with Crippen molar-refractivity contribution >= 4 is 22.3 Å². The van der Waals surface area contributed by atoms with Crippen LogP contribution in [-0.4, -0.2) is 45.1 Å². The first-order valence-corrected chi connectivity index (χ1v) is 9.97. The van der Waals surface area contributed by atoms with Gasteiger partial charge in [0.25, 0.3) is 5.91 Å². The number of fused-ring (bicyclic) bond motifs is 2. The van der Waals surface area contributed by atoms with Gasteiger partial charge in [-0.25, -0.2) is 0 Å². The molecule has 6 nitrogen and oxygen atoms in total. The molecule has 1 atom stereocenters. The summed E-state index contributed by atoms with van der Waals surface area (Å²) in [4.78, 5) is 14.7. The number of hydrogen-bond acceptors (Lipinski definition) is 4. The first-order valence-electron chi connectivity index (χ1n) is 9.97. The summed E-state index contributed by atoms with van der Waals surface area (Å²) in [5, 5.41) is 10.9. The van der Waals surface area contributed by atoms with Gasteiger partial charge in [0, 0.05) is 25.2 Å². The molecule has 0 radical (unpaired) electrons. The fourth-order valence-electron chi connectivity index (χ4n) is 4.05. The van der Waals surface area contributed by atoms with E-state index < -0.39 is 0 Å². The summed E-state index contributed by atoms with van der Waals surface area (Å²) in [5.41, 5.74) is 0.839. The smallest absolute Gasteiger partial charge is 0.260 e. The van der Waals surface area contributed by atoms with E-state index in [1.54, 1.807) is 0 Å². The third kappa shape index (κ3) is 3.53. The number of carbonyl (C=O) groups is 1. The van der Waals surface area contributed by atoms with Crippen LogP contribution < -0.4 is 4.74 Å². The average Bonchev–Trinajstić information content (AvgIpc) is 3.21. The fourth-order valence-corrected chi connectivity index (χ4v) is 4.05. The second-order valence-corrected chi connectivity index (χ2v) is 7.46. The molecule has 1 fully saturated rings. The Bertz CT molecular complexity index is 1170. The standard InChI is InChI=1S/C23H22N4O2/c28-22(16-29-20-11-10-17-6-1-2-7-18(17)14-20)26-12-5-8-19(15-26)23-25-24-21-9-3-4-13-27(21)23/h1-4,6-7,9-11,13-14,19H,5,8,12,15-16H2/t19-/m1/s1. The Morgan fingerprint density at radius 2 is 1.90 bits per heavy atom. The highest BCUT2D eigenvalue weighted by Gasteiger charge is 2.28. The number of likely N-dealkylation sites (tertiary alicyclic amines) is 1. The molecule has 0 N–H and O–H groups in total. The Morgan fingerprint density at radius 3 is 2.83 bits per heavy atom. The number of nitrogens with zero attached hydrogens (tertiary/aromatic N) is 4. The van der Waals surface area contributed by atoms with Crippen LogP contribution in [0, 0.1) is 0 Å². The Hall–Kier alpha value is -3.41. The molecular formula is C23H22N4O2. The van der Waals surface area contributed by atoms with Crippen LogP contribution in [0.4, 0.5) is 0 Å². The van der Waals surface area contributed by atoms with Crippen LogP contribution in [0.15, 0.2) is 66.9 Å². The lowest BCUT2D eigenvalue weighted by Gasteiger charge is -2.31. The SMILES string of the molecule is O=C(COc1ccc2ccccc2c1)N1CCC[C@@H](c2nnc3ccccn23)C1. The fraction of sp³-hybridized carbons (Fsp3) is 0.261. The van der Waals surface area contributed by atoms with Gasteiger partial charge in [-0.15, -0.1) is 10.2 Å². The van der Waals surface area contributed by atoms with E-state index in [0.29, 0.717) is 12.3 Å². The van der Waals surface area contributed by atoms with Crippen LogP contribution in [0.5, 0.6) is 5.75 Å². The number of pyridine rings is 1. The summed E-state index contributed by atoms with van der Waals surface area (Å²) in [6.45, 7) is 1.45. The van der Waals surface area contributed by atoms with Crippen molar-refractivity contribution in [1.82, 2.24) is 19.5 Å². The molecule has 0 saturated carbocycles. The molecule has 4 aromatic rings. The maximum absolute atomic E-state index is 12.8. The van der Waals surface area contributed by atoms with Gasteiger partial charge in [0.15, 0.2) is 12.3 Å². The summed E-state index contributed by atoms with van der Waals surface area (Å²) in [6.07, 6.45) is 3.94. The maximum atomic E-state index is 12.8. The third-order valence-electron chi connectivity index (χ3n) is 5.56. The quantitative estimate of drug-likeness (QED) is 0.537. The number of amides is 1. The lowest BCUT2D eigenvalue weighted by Crippen LogP contribution is -2.42. The first-order chi connectivity index (χ1) is 14.3. The minimum absolute atomic E-state index is 0.0108. The number of ether oxygens (including phenoxy) is 1. The molecule has 146 valence electrons. The molecule has 1 saturated heterocycles. The lowest BCUT2D eigenvalue weighted by atomic mass is 9.97. The predicted molar refractivity (Wildman–Crippen MR) is 111 cm³/mol. The van der Waals surface area contributed by atoms with Crippen LogP contribution in [0.3, 0.4) is 0 Å². The van der Waals surface area contributed by atoms with Crippen LogP contribution in [0.25, 0.3) is 16.4 Å². The van der Waals surface area contributed by atoms with Crippen molar-refractivity contribution in [2.45, 2.75) is 18.8 Å². The zero-order valence-electron chi connectivity index (χ0n) is 16.1. The highest BCUT2D eigenvalue weighted by molar-refractivity contribution is 5.84. The number of carbonyl (C=O) groups excluding carboxylic acids is 1. The van der Waals surface area contributed by atoms with Crippen LogP contribution >= 0.6 is 0 Å². The van der Waals surface area contributed by atoms with Crippen molar-refractivity contribution in [3.8, 4) is 5.75 Å². The van der Waals surface area contributed by atoms with Crippen molar-refractivity contribution in [1.29, 1.82) is 0 Å². The van der Waals surface area contributed by atoms with Crippen LogP contribution in [0.1, 0.15) is 24.6 Å². The van der Waals surface area contributed by atoms with Crippen LogP contribution in [-0.2, 0) is 4.79 Å². The Morgan fingerprint density at radius 1 is 1.03 bits per heavy atom. The van der Waals surface area contributed by atoms with Gasteiger partial charge in [-0.1, -0.05) is 36.4 Å². The third-order valence-corrected chi connectivity index (χ3v) is 5.56. The molecule has 0 aliphatic carbocycles. The van der Waals surface area contributed by atoms with Gasteiger partial charge in [0.05, 0.1) is 0 Å². The van der Waals surface area contributed by atoms with Gasteiger partial charge < -0.3 is 9.64 Å². The van der Waals surface area contributed by atoms with E-state index in [-0.39, 0.29) is 18.4 Å². The highest BCUT2D eigenvalue weighted by atomic mass is 16.5. The van der Waals surface area contributed by atoms with E-state index in [1.165, 1.54) is 0 Å². The monoisotopic (exact) mass is 386 g/mol. The summed E-state index contributed by atoms with van der Waals surface area (Å²) in [5.74, 6) is 1.84. The van der Waals surface area contributed by atoms with E-state index in [9.17, 15) is 4.79 Å². The highest BCUT2D eigenvalue weighted by Crippen LogP contribution is 2.26. The second-order valence-electron chi connectivity index (χ2n) is 7.46. The van der Waals surface area contributed by atoms with Gasteiger partial charge in [-0.05, 0) is 47.9 Å². The molecule has 1 amide bonds. The second kappa shape index (κ2) is 7.54. The van der Waals surface area contributed by atoms with E-state index in [4.69, 9.17) is 4.74 Å². The summed E-state index contributed by atoms with van der Waals surface area (Å²) < 4.78 is 7.82. The molecule has 29 heavy (non-hydrogen) atoms. The first kappa shape index (κ1) is 17.7. The summed E-state index contributed by atoms with van der Waals surface area (Å²) in [7, 11) is 0. The van der Waals surface area contributed by atoms with Crippen molar-refractivity contribution < 1.29 is 9.53 Å². The normalized spacial score (nSPS) is 17.0. The van der Waals surface area contributed by atoms with Gasteiger partial charge in [0.2, 0.25) is 0 Å². The van der Waals surface area contributed by atoms with Gasteiger partial charge in [0.1, 0.15) is 11.6 Å². The zero-order chi connectivity index (χ0) is 19.6. The van der Waals surface area contributed by atoms with E-state index in [1.807, 2.05) is 70.1 Å². The van der Waals surface area contributed by atoms with E-state index >= 15 is 0 Å². The molecule has 0 spiro atoms. The number of rotatable bonds is 4. The average molecular weight is 386 g/mol. The minimum Gasteiger partial charge on any atom is -0.484 e. The maximum Gasteiger partial charge on any atom is 0.260 e. The Kier molecular flexibility index (Phi) is 4.60. The Labute approximate surface area is 168 Å². The van der Waals surface area contributed by atoms with Crippen molar-refractivity contribution in [3.05, 3.63) is 72.7 Å². The van der Waals surface area contributed by atoms with E-state index in [0.717, 1.165) is 41.6 Å². The molecule has 1 aliphatic heterocycles. The van der Waals surface area contributed by atoms with E-state index in [2.05, 4.69) is 16.3 Å². The lowest BCUT2D eigenvalue weighted by molar-refractivity contribution is -0.134. The molecule has 5 rings (SSSR count). The number of aromatic nitrogens is 3. The molecule has 3 heterocycles. The summed E-state index contributed by atoms with van der Waals surface area (Å²) in [6, 6.07) is 19.9. The number of piperidine rings is 1. The number of benzene rings is 2. The van der Waals surface area contributed by atoms with Crippen molar-refractivity contribution in [2.75, 3.05) is 19.7 Å². The van der Waals surface area contributed by atoms with Gasteiger partial charge in [-0.3, -0.25) is 9.20 Å².